The first-order chi connectivity index (χ1) is 10.3. The Morgan fingerprint density at radius 3 is 2.18 bits per heavy atom. The number of nitrogens with zero attached hydrogens (tertiary/aromatic N) is 3. The molecule has 0 saturated carbocycles. The van der Waals surface area contributed by atoms with Crippen LogP contribution in [0, 0.1) is 10.1 Å². The minimum Gasteiger partial charge on any atom is -0.384 e. The highest BCUT2D eigenvalue weighted by molar-refractivity contribution is 6.11. The standard InChI is InChI=1S/C13H12N4O5/c1-15-11(14)9(12(19)16(2)13(15)20)10(18)7-3-5-8(6-4-7)17(21)22/h3-6H,14H2,1-2H3. The largest absolute Gasteiger partial charge is 0.384 e. The molecule has 114 valence electrons. The van der Waals surface area contributed by atoms with E-state index in [1.165, 1.54) is 26.2 Å². The number of rotatable bonds is 3. The molecule has 9 heteroatoms. The van der Waals surface area contributed by atoms with Crippen molar-refractivity contribution in [2.45, 2.75) is 0 Å². The minimum atomic E-state index is -0.816. The van der Waals surface area contributed by atoms with Gasteiger partial charge in [-0.15, -0.1) is 0 Å². The SMILES string of the molecule is Cn1c(N)c(C(=O)c2ccc([N+](=O)[O-])cc2)c(=O)n(C)c1=O. The Morgan fingerprint density at radius 2 is 1.68 bits per heavy atom. The third-order valence-electron chi connectivity index (χ3n) is 3.28. The number of non-ortho nitro benzene ring substituents is 1. The van der Waals surface area contributed by atoms with Gasteiger partial charge < -0.3 is 5.73 Å². The number of nitro groups is 1. The Kier molecular flexibility index (Phi) is 3.64. The lowest BCUT2D eigenvalue weighted by molar-refractivity contribution is -0.384. The first-order valence-electron chi connectivity index (χ1n) is 6.10. The van der Waals surface area contributed by atoms with Crippen molar-refractivity contribution in [2.24, 2.45) is 14.1 Å². The van der Waals surface area contributed by atoms with Crippen LogP contribution in [0.25, 0.3) is 0 Å². The van der Waals surface area contributed by atoms with Gasteiger partial charge in [-0.25, -0.2) is 4.79 Å². The normalized spacial score (nSPS) is 10.5. The molecule has 0 spiro atoms. The highest BCUT2D eigenvalue weighted by atomic mass is 16.6. The molecule has 1 aromatic heterocycles. The summed E-state index contributed by atoms with van der Waals surface area (Å²) in [5, 5.41) is 10.6. The second kappa shape index (κ2) is 5.28. The van der Waals surface area contributed by atoms with Gasteiger partial charge in [0.25, 0.3) is 11.2 Å². The van der Waals surface area contributed by atoms with Crippen molar-refractivity contribution in [3.8, 4) is 0 Å². The molecule has 0 fully saturated rings. The van der Waals surface area contributed by atoms with Crippen LogP contribution in [-0.4, -0.2) is 19.8 Å². The number of nitrogen functional groups attached to an aromatic ring is 1. The van der Waals surface area contributed by atoms with Gasteiger partial charge in [0, 0.05) is 31.8 Å². The van der Waals surface area contributed by atoms with Crippen LogP contribution in [-0.2, 0) is 14.1 Å². The van der Waals surface area contributed by atoms with Gasteiger partial charge in [-0.3, -0.25) is 28.8 Å². The first kappa shape index (κ1) is 15.2. The van der Waals surface area contributed by atoms with Crippen LogP contribution in [0.1, 0.15) is 15.9 Å². The van der Waals surface area contributed by atoms with Crippen molar-refractivity contribution < 1.29 is 9.72 Å². The Balaban J connectivity index is 2.62. The summed E-state index contributed by atoms with van der Waals surface area (Å²) in [5.41, 5.74) is 3.76. The van der Waals surface area contributed by atoms with E-state index in [0.717, 1.165) is 21.3 Å². The second-order valence-corrected chi connectivity index (χ2v) is 4.60. The lowest BCUT2D eigenvalue weighted by Gasteiger charge is -2.10. The molecule has 9 nitrogen and oxygen atoms in total. The smallest absolute Gasteiger partial charge is 0.332 e. The van der Waals surface area contributed by atoms with E-state index in [4.69, 9.17) is 5.73 Å². The van der Waals surface area contributed by atoms with Crippen molar-refractivity contribution in [1.82, 2.24) is 9.13 Å². The highest BCUT2D eigenvalue weighted by Gasteiger charge is 2.21. The van der Waals surface area contributed by atoms with Crippen LogP contribution in [0.15, 0.2) is 33.9 Å². The quantitative estimate of drug-likeness (QED) is 0.475. The van der Waals surface area contributed by atoms with E-state index in [1.54, 1.807) is 0 Å². The van der Waals surface area contributed by atoms with E-state index in [9.17, 15) is 24.5 Å². The summed E-state index contributed by atoms with van der Waals surface area (Å²) >= 11 is 0. The fourth-order valence-corrected chi connectivity index (χ4v) is 1.95. The van der Waals surface area contributed by atoms with Gasteiger partial charge in [-0.2, -0.15) is 0 Å². The molecule has 0 aliphatic heterocycles. The van der Waals surface area contributed by atoms with Crippen molar-refractivity contribution in [2.75, 3.05) is 5.73 Å². The van der Waals surface area contributed by atoms with Crippen LogP contribution in [0.5, 0.6) is 0 Å². The molecule has 1 heterocycles. The van der Waals surface area contributed by atoms with E-state index in [0.29, 0.717) is 0 Å². The van der Waals surface area contributed by atoms with E-state index in [1.807, 2.05) is 0 Å². The number of carbonyl (C=O) groups excluding carboxylic acids is 1. The van der Waals surface area contributed by atoms with Gasteiger partial charge in [0.2, 0.25) is 5.78 Å². The summed E-state index contributed by atoms with van der Waals surface area (Å²) < 4.78 is 1.76. The molecule has 2 rings (SSSR count). The molecule has 2 N–H and O–H groups in total. The van der Waals surface area contributed by atoms with Crippen LogP contribution in [0.4, 0.5) is 11.5 Å². The van der Waals surface area contributed by atoms with Crippen molar-refractivity contribution in [3.63, 3.8) is 0 Å². The third kappa shape index (κ3) is 2.28. The maximum atomic E-state index is 12.4. The molecule has 0 unspecified atom stereocenters. The average Bonchev–Trinajstić information content (AvgIpc) is 2.51. The summed E-state index contributed by atoms with van der Waals surface area (Å²) in [4.78, 5) is 46.2. The van der Waals surface area contributed by atoms with Gasteiger partial charge in [0.1, 0.15) is 11.4 Å². The number of aromatic nitrogens is 2. The number of nitro benzene ring substituents is 1. The second-order valence-electron chi connectivity index (χ2n) is 4.60. The van der Waals surface area contributed by atoms with Crippen LogP contribution in [0.3, 0.4) is 0 Å². The first-order valence-corrected chi connectivity index (χ1v) is 6.10. The topological polar surface area (TPSA) is 130 Å². The minimum absolute atomic E-state index is 0.0630. The fraction of sp³-hybridized carbons (Fsp3) is 0.154. The molecule has 2 aromatic rings. The van der Waals surface area contributed by atoms with Gasteiger partial charge in [0.05, 0.1) is 4.92 Å². The Labute approximate surface area is 123 Å². The van der Waals surface area contributed by atoms with E-state index in [2.05, 4.69) is 0 Å². The Bertz CT molecular complexity index is 892. The summed E-state index contributed by atoms with van der Waals surface area (Å²) in [6.07, 6.45) is 0. The summed E-state index contributed by atoms with van der Waals surface area (Å²) in [5.74, 6) is -0.958. The predicted molar refractivity (Wildman–Crippen MR) is 77.9 cm³/mol. The third-order valence-corrected chi connectivity index (χ3v) is 3.28. The number of ketones is 1. The monoisotopic (exact) mass is 304 g/mol. The number of benzene rings is 1. The maximum Gasteiger partial charge on any atom is 0.332 e. The summed E-state index contributed by atoms with van der Waals surface area (Å²) in [7, 11) is 2.57. The van der Waals surface area contributed by atoms with E-state index in [-0.39, 0.29) is 22.6 Å². The molecule has 0 aliphatic rings. The van der Waals surface area contributed by atoms with Crippen LogP contribution < -0.4 is 17.0 Å². The number of carbonyl (C=O) groups is 1. The molecule has 0 radical (unpaired) electrons. The van der Waals surface area contributed by atoms with E-state index >= 15 is 0 Å². The maximum absolute atomic E-state index is 12.4. The average molecular weight is 304 g/mol. The molecule has 0 atom stereocenters. The van der Waals surface area contributed by atoms with Gasteiger partial charge >= 0.3 is 5.69 Å². The van der Waals surface area contributed by atoms with Crippen LogP contribution in [0.2, 0.25) is 0 Å². The fourth-order valence-electron chi connectivity index (χ4n) is 1.95. The van der Waals surface area contributed by atoms with Gasteiger partial charge in [-0.05, 0) is 12.1 Å². The molecule has 0 saturated heterocycles. The summed E-state index contributed by atoms with van der Waals surface area (Å²) in [6.45, 7) is 0. The molecule has 0 bridgehead atoms. The molecule has 0 amide bonds. The number of anilines is 1. The molecular weight excluding hydrogens is 292 g/mol. The van der Waals surface area contributed by atoms with Crippen molar-refractivity contribution in [1.29, 1.82) is 0 Å². The zero-order chi connectivity index (χ0) is 16.6. The van der Waals surface area contributed by atoms with E-state index < -0.39 is 22.0 Å². The van der Waals surface area contributed by atoms with Crippen molar-refractivity contribution >= 4 is 17.3 Å². The van der Waals surface area contributed by atoms with Crippen molar-refractivity contribution in [3.05, 3.63) is 66.3 Å². The molecular formula is C13H12N4O5. The number of hydrogen-bond acceptors (Lipinski definition) is 6. The predicted octanol–water partition coefficient (Wildman–Crippen LogP) is -0.195. The molecule has 22 heavy (non-hydrogen) atoms. The zero-order valence-electron chi connectivity index (χ0n) is 11.8. The van der Waals surface area contributed by atoms with Gasteiger partial charge in [0.15, 0.2) is 0 Å². The molecule has 1 aromatic carbocycles. The Morgan fingerprint density at radius 1 is 1.14 bits per heavy atom. The molecule has 0 aliphatic carbocycles. The zero-order valence-corrected chi connectivity index (χ0v) is 11.8. The highest BCUT2D eigenvalue weighted by Crippen LogP contribution is 2.16. The Hall–Kier alpha value is -3.23. The lowest BCUT2D eigenvalue weighted by Crippen LogP contribution is -2.41. The van der Waals surface area contributed by atoms with Gasteiger partial charge in [-0.1, -0.05) is 0 Å². The van der Waals surface area contributed by atoms with Crippen LogP contribution >= 0.6 is 0 Å². The number of hydrogen-bond donors (Lipinski definition) is 1. The summed E-state index contributed by atoms with van der Waals surface area (Å²) in [6, 6.07) is 4.75. The number of nitrogens with two attached hydrogens (primary N) is 1. The lowest BCUT2D eigenvalue weighted by atomic mass is 10.0.